The van der Waals surface area contributed by atoms with Crippen molar-refractivity contribution in [2.45, 2.75) is 26.2 Å². The number of piperazine rings is 1. The van der Waals surface area contributed by atoms with Crippen LogP contribution in [0.5, 0.6) is 0 Å². The van der Waals surface area contributed by atoms with E-state index in [0.717, 1.165) is 43.8 Å². The molecule has 1 aliphatic rings. The second-order valence-corrected chi connectivity index (χ2v) is 6.51. The Morgan fingerprint density at radius 2 is 1.50 bits per heavy atom. The third-order valence-electron chi connectivity index (χ3n) is 3.75. The molecule has 3 rings (SSSR count). The van der Waals surface area contributed by atoms with Crippen LogP contribution in [0.4, 0.5) is 11.8 Å². The Morgan fingerprint density at radius 1 is 0.864 bits per heavy atom. The fourth-order valence-corrected chi connectivity index (χ4v) is 2.48. The molecule has 116 valence electrons. The average Bonchev–Trinajstić information content (AvgIpc) is 2.55. The predicted octanol–water partition coefficient (Wildman–Crippen LogP) is 1.89. The van der Waals surface area contributed by atoms with E-state index in [2.05, 4.69) is 45.5 Å². The third-order valence-corrected chi connectivity index (χ3v) is 3.75. The molecule has 0 spiro atoms. The summed E-state index contributed by atoms with van der Waals surface area (Å²) in [6.45, 7) is 10.0. The van der Waals surface area contributed by atoms with E-state index in [1.807, 2.05) is 18.3 Å². The fraction of sp³-hybridized carbons (Fsp3) is 0.500. The van der Waals surface area contributed by atoms with E-state index in [9.17, 15) is 0 Å². The zero-order valence-corrected chi connectivity index (χ0v) is 13.4. The molecule has 6 nitrogen and oxygen atoms in total. The third kappa shape index (κ3) is 3.16. The smallest absolute Gasteiger partial charge is 0.225 e. The number of hydrogen-bond donors (Lipinski definition) is 0. The largest absolute Gasteiger partial charge is 0.353 e. The molecule has 0 aliphatic carbocycles. The van der Waals surface area contributed by atoms with E-state index in [1.54, 1.807) is 12.4 Å². The fourth-order valence-electron chi connectivity index (χ4n) is 2.48. The maximum atomic E-state index is 4.73. The molecule has 2 aromatic heterocycles. The summed E-state index contributed by atoms with van der Waals surface area (Å²) in [5.74, 6) is 2.70. The first-order valence-corrected chi connectivity index (χ1v) is 7.64. The van der Waals surface area contributed by atoms with Crippen LogP contribution in [0.2, 0.25) is 0 Å². The van der Waals surface area contributed by atoms with Crippen LogP contribution in [0.1, 0.15) is 26.6 Å². The molecular weight excluding hydrogens is 276 g/mol. The summed E-state index contributed by atoms with van der Waals surface area (Å²) in [6, 6.07) is 3.83. The van der Waals surface area contributed by atoms with Gasteiger partial charge in [0.1, 0.15) is 11.6 Å². The molecule has 22 heavy (non-hydrogen) atoms. The van der Waals surface area contributed by atoms with Crippen LogP contribution in [0.25, 0.3) is 0 Å². The van der Waals surface area contributed by atoms with Crippen molar-refractivity contribution in [3.63, 3.8) is 0 Å². The zero-order valence-electron chi connectivity index (χ0n) is 13.4. The van der Waals surface area contributed by atoms with E-state index < -0.39 is 0 Å². The van der Waals surface area contributed by atoms with Crippen LogP contribution in [-0.4, -0.2) is 46.1 Å². The Balaban J connectivity index is 1.69. The molecule has 0 saturated carbocycles. The van der Waals surface area contributed by atoms with Gasteiger partial charge in [-0.1, -0.05) is 20.8 Å². The van der Waals surface area contributed by atoms with Crippen molar-refractivity contribution in [3.05, 3.63) is 36.5 Å². The van der Waals surface area contributed by atoms with Crippen molar-refractivity contribution < 1.29 is 0 Å². The number of anilines is 2. The first kappa shape index (κ1) is 14.7. The Morgan fingerprint density at radius 3 is 2.14 bits per heavy atom. The standard InChI is InChI=1S/C16H22N6/c1-16(2,3)14-17-8-5-13(20-14)21-9-11-22(12-10-21)15-18-6-4-7-19-15/h4-8H,9-12H2,1-3H3. The molecule has 0 aromatic carbocycles. The van der Waals surface area contributed by atoms with Gasteiger partial charge >= 0.3 is 0 Å². The minimum absolute atomic E-state index is 0.0320. The van der Waals surface area contributed by atoms with Gasteiger partial charge in [-0.3, -0.25) is 0 Å². The highest BCUT2D eigenvalue weighted by atomic mass is 15.3. The highest BCUT2D eigenvalue weighted by Crippen LogP contribution is 2.21. The van der Waals surface area contributed by atoms with Crippen molar-refractivity contribution in [3.8, 4) is 0 Å². The maximum Gasteiger partial charge on any atom is 0.225 e. The van der Waals surface area contributed by atoms with Gasteiger partial charge in [-0.15, -0.1) is 0 Å². The highest BCUT2D eigenvalue weighted by molar-refractivity contribution is 5.42. The number of nitrogens with zero attached hydrogens (tertiary/aromatic N) is 6. The molecule has 1 aliphatic heterocycles. The van der Waals surface area contributed by atoms with Crippen molar-refractivity contribution in [1.29, 1.82) is 0 Å². The molecule has 0 radical (unpaired) electrons. The monoisotopic (exact) mass is 298 g/mol. The van der Waals surface area contributed by atoms with Gasteiger partial charge in [-0.25, -0.2) is 19.9 Å². The van der Waals surface area contributed by atoms with Crippen LogP contribution in [0.3, 0.4) is 0 Å². The average molecular weight is 298 g/mol. The molecule has 2 aromatic rings. The molecular formula is C16H22N6. The molecule has 0 N–H and O–H groups in total. The number of hydrogen-bond acceptors (Lipinski definition) is 6. The molecule has 0 unspecified atom stereocenters. The first-order chi connectivity index (χ1) is 10.5. The number of aromatic nitrogens is 4. The van der Waals surface area contributed by atoms with Gasteiger partial charge in [0.05, 0.1) is 0 Å². The lowest BCUT2D eigenvalue weighted by molar-refractivity contribution is 0.541. The molecule has 6 heteroatoms. The summed E-state index contributed by atoms with van der Waals surface area (Å²) in [6.07, 6.45) is 5.43. The molecule has 1 saturated heterocycles. The van der Waals surface area contributed by atoms with Crippen LogP contribution >= 0.6 is 0 Å². The van der Waals surface area contributed by atoms with Crippen LogP contribution < -0.4 is 9.80 Å². The van der Waals surface area contributed by atoms with Crippen molar-refractivity contribution in [2.75, 3.05) is 36.0 Å². The Labute approximate surface area is 131 Å². The minimum atomic E-state index is -0.0320. The maximum absolute atomic E-state index is 4.73. The number of rotatable bonds is 2. The van der Waals surface area contributed by atoms with Gasteiger partial charge in [0.15, 0.2) is 0 Å². The molecule has 0 amide bonds. The van der Waals surface area contributed by atoms with Gasteiger partial charge in [0, 0.05) is 50.2 Å². The molecule has 0 atom stereocenters. The van der Waals surface area contributed by atoms with E-state index >= 15 is 0 Å². The zero-order chi connectivity index (χ0) is 15.6. The summed E-state index contributed by atoms with van der Waals surface area (Å²) in [5.41, 5.74) is -0.0320. The minimum Gasteiger partial charge on any atom is -0.353 e. The van der Waals surface area contributed by atoms with Crippen molar-refractivity contribution in [2.24, 2.45) is 0 Å². The normalized spacial score (nSPS) is 16.0. The van der Waals surface area contributed by atoms with Gasteiger partial charge in [0.25, 0.3) is 0 Å². The SMILES string of the molecule is CC(C)(C)c1nccc(N2CCN(c3ncccn3)CC2)n1. The summed E-state index contributed by atoms with van der Waals surface area (Å²) >= 11 is 0. The van der Waals surface area contributed by atoms with Gasteiger partial charge in [-0.2, -0.15) is 0 Å². The van der Waals surface area contributed by atoms with Crippen LogP contribution in [-0.2, 0) is 5.41 Å². The summed E-state index contributed by atoms with van der Waals surface area (Å²) in [5, 5.41) is 0. The Hall–Kier alpha value is -2.24. The van der Waals surface area contributed by atoms with Crippen molar-refractivity contribution >= 4 is 11.8 Å². The van der Waals surface area contributed by atoms with E-state index in [-0.39, 0.29) is 5.41 Å². The first-order valence-electron chi connectivity index (χ1n) is 7.64. The van der Waals surface area contributed by atoms with E-state index in [1.165, 1.54) is 0 Å². The topological polar surface area (TPSA) is 58.0 Å². The molecule has 0 bridgehead atoms. The van der Waals surface area contributed by atoms with Crippen LogP contribution in [0.15, 0.2) is 30.7 Å². The second-order valence-electron chi connectivity index (χ2n) is 6.51. The lowest BCUT2D eigenvalue weighted by atomic mass is 9.96. The summed E-state index contributed by atoms with van der Waals surface area (Å²) in [7, 11) is 0. The second kappa shape index (κ2) is 5.87. The Kier molecular flexibility index (Phi) is 3.92. The highest BCUT2D eigenvalue weighted by Gasteiger charge is 2.22. The molecule has 3 heterocycles. The Bertz CT molecular complexity index is 614. The lowest BCUT2D eigenvalue weighted by Crippen LogP contribution is -2.47. The summed E-state index contributed by atoms with van der Waals surface area (Å²) in [4.78, 5) is 22.3. The van der Waals surface area contributed by atoms with Crippen molar-refractivity contribution in [1.82, 2.24) is 19.9 Å². The van der Waals surface area contributed by atoms with Gasteiger partial charge in [0.2, 0.25) is 5.95 Å². The van der Waals surface area contributed by atoms with E-state index in [4.69, 9.17) is 4.98 Å². The van der Waals surface area contributed by atoms with Crippen LogP contribution in [0, 0.1) is 0 Å². The van der Waals surface area contributed by atoms with E-state index in [0.29, 0.717) is 0 Å². The summed E-state index contributed by atoms with van der Waals surface area (Å²) < 4.78 is 0. The lowest BCUT2D eigenvalue weighted by Gasteiger charge is -2.35. The molecule has 1 fully saturated rings. The van der Waals surface area contributed by atoms with Gasteiger partial charge < -0.3 is 9.80 Å². The quantitative estimate of drug-likeness (QED) is 0.844. The predicted molar refractivity (Wildman–Crippen MR) is 87.2 cm³/mol. The van der Waals surface area contributed by atoms with Gasteiger partial charge in [-0.05, 0) is 12.1 Å².